The number of aromatic nitrogens is 1. The lowest BCUT2D eigenvalue weighted by Crippen LogP contribution is -2.27. The number of methoxy groups -OCH3 is 1. The van der Waals surface area contributed by atoms with Crippen molar-refractivity contribution in [1.82, 2.24) is 15.4 Å². The van der Waals surface area contributed by atoms with Gasteiger partial charge in [-0.05, 0) is 13.0 Å². The second-order valence-electron chi connectivity index (χ2n) is 5.70. The van der Waals surface area contributed by atoms with E-state index in [2.05, 4.69) is 16.9 Å². The van der Waals surface area contributed by atoms with Crippen LogP contribution in [0.5, 0.6) is 5.75 Å². The minimum absolute atomic E-state index is 0.0419. The lowest BCUT2D eigenvalue weighted by atomic mass is 10.0. The molecule has 25 heavy (non-hydrogen) atoms. The van der Waals surface area contributed by atoms with Gasteiger partial charge in [0.1, 0.15) is 5.76 Å². The molecule has 1 heterocycles. The number of aryl methyl sites for hydroxylation is 1. The minimum Gasteiger partial charge on any atom is -0.505 e. The maximum atomic E-state index is 12.4. The average Bonchev–Trinajstić information content (AvgIpc) is 2.61. The Bertz CT molecular complexity index is 804. The van der Waals surface area contributed by atoms with Crippen molar-refractivity contribution in [3.63, 3.8) is 0 Å². The molecular formula is C18H23N3O4. The number of fused-ring (bicyclic) bond motifs is 1. The van der Waals surface area contributed by atoms with Crippen molar-refractivity contribution in [2.24, 2.45) is 0 Å². The highest BCUT2D eigenvalue weighted by atomic mass is 16.7. The maximum absolute atomic E-state index is 12.4. The molecule has 0 atom stereocenters. The number of carbonyl (C=O) groups is 1. The number of aromatic hydroxyl groups is 1. The molecule has 0 radical (unpaired) electrons. The Morgan fingerprint density at radius 2 is 2.08 bits per heavy atom. The summed E-state index contributed by atoms with van der Waals surface area (Å²) < 4.78 is 4.93. The van der Waals surface area contributed by atoms with Gasteiger partial charge in [0.25, 0.3) is 5.91 Å². The van der Waals surface area contributed by atoms with Gasteiger partial charge in [-0.25, -0.2) is 4.98 Å². The van der Waals surface area contributed by atoms with E-state index in [0.717, 1.165) is 10.9 Å². The largest absolute Gasteiger partial charge is 0.505 e. The number of pyridine rings is 1. The SMILES string of the molecule is C=C(CNC(=O)c1nc(CN(C)OC)c2cc(C)ccc2c1O)OC. The molecule has 0 bridgehead atoms. The fourth-order valence-corrected chi connectivity index (χ4v) is 2.37. The van der Waals surface area contributed by atoms with Gasteiger partial charge in [-0.1, -0.05) is 24.3 Å². The molecule has 7 nitrogen and oxygen atoms in total. The van der Waals surface area contributed by atoms with Crippen LogP contribution in [0.1, 0.15) is 21.7 Å². The summed E-state index contributed by atoms with van der Waals surface area (Å²) in [6.45, 7) is 6.10. The Morgan fingerprint density at radius 3 is 2.72 bits per heavy atom. The maximum Gasteiger partial charge on any atom is 0.274 e. The minimum atomic E-state index is -0.500. The summed E-state index contributed by atoms with van der Waals surface area (Å²) in [6.07, 6.45) is 0. The van der Waals surface area contributed by atoms with Crippen LogP contribution in [-0.2, 0) is 16.1 Å². The van der Waals surface area contributed by atoms with Crippen LogP contribution in [0.15, 0.2) is 30.5 Å². The lowest BCUT2D eigenvalue weighted by molar-refractivity contribution is -0.117. The molecule has 2 N–H and O–H groups in total. The molecule has 0 aliphatic heterocycles. The predicted molar refractivity (Wildman–Crippen MR) is 95.1 cm³/mol. The molecular weight excluding hydrogens is 322 g/mol. The Morgan fingerprint density at radius 1 is 1.36 bits per heavy atom. The first-order chi connectivity index (χ1) is 11.9. The summed E-state index contributed by atoms with van der Waals surface area (Å²) >= 11 is 0. The van der Waals surface area contributed by atoms with Gasteiger partial charge >= 0.3 is 0 Å². The zero-order chi connectivity index (χ0) is 18.6. The first-order valence-corrected chi connectivity index (χ1v) is 7.74. The molecule has 2 rings (SSSR count). The van der Waals surface area contributed by atoms with Crippen molar-refractivity contribution < 1.29 is 19.5 Å². The summed E-state index contributed by atoms with van der Waals surface area (Å²) in [5, 5.41) is 16.1. The number of amides is 1. The molecule has 134 valence electrons. The second-order valence-corrected chi connectivity index (χ2v) is 5.70. The van der Waals surface area contributed by atoms with Crippen molar-refractivity contribution in [1.29, 1.82) is 0 Å². The fraction of sp³-hybridized carbons (Fsp3) is 0.333. The molecule has 0 aliphatic rings. The fourth-order valence-electron chi connectivity index (χ4n) is 2.37. The standard InChI is InChI=1S/C18H23N3O4/c1-11-6-7-13-14(8-11)15(10-21(3)25-5)20-16(17(13)22)18(23)19-9-12(2)24-4/h6-8,22H,2,9-10H2,1,3-5H3,(H,19,23). The van der Waals surface area contributed by atoms with Crippen LogP contribution in [0.3, 0.4) is 0 Å². The van der Waals surface area contributed by atoms with Gasteiger partial charge in [-0.2, -0.15) is 5.06 Å². The van der Waals surface area contributed by atoms with Crippen LogP contribution in [0.25, 0.3) is 10.8 Å². The van der Waals surface area contributed by atoms with E-state index in [1.165, 1.54) is 7.11 Å². The summed E-state index contributed by atoms with van der Waals surface area (Å²) in [7, 11) is 4.79. The Kier molecular flexibility index (Phi) is 5.95. The van der Waals surface area contributed by atoms with E-state index in [4.69, 9.17) is 9.57 Å². The number of rotatable bonds is 7. The normalized spacial score (nSPS) is 10.9. The first-order valence-electron chi connectivity index (χ1n) is 7.74. The number of hydrogen-bond donors (Lipinski definition) is 2. The Hall–Kier alpha value is -2.64. The lowest BCUT2D eigenvalue weighted by Gasteiger charge is -2.17. The summed E-state index contributed by atoms with van der Waals surface area (Å²) in [5.74, 6) is -0.248. The van der Waals surface area contributed by atoms with Crippen LogP contribution in [-0.4, -0.2) is 48.9 Å². The van der Waals surface area contributed by atoms with Crippen molar-refractivity contribution in [2.75, 3.05) is 27.8 Å². The molecule has 2 aromatic rings. The van der Waals surface area contributed by atoms with Gasteiger partial charge < -0.3 is 20.0 Å². The van der Waals surface area contributed by atoms with Crippen LogP contribution < -0.4 is 5.32 Å². The van der Waals surface area contributed by atoms with Crippen LogP contribution >= 0.6 is 0 Å². The first kappa shape index (κ1) is 18.7. The zero-order valence-electron chi connectivity index (χ0n) is 14.9. The van der Waals surface area contributed by atoms with Crippen molar-refractivity contribution >= 4 is 16.7 Å². The van der Waals surface area contributed by atoms with Gasteiger partial charge in [-0.3, -0.25) is 4.79 Å². The quantitative estimate of drug-likeness (QED) is 0.591. The molecule has 1 amide bonds. The zero-order valence-corrected chi connectivity index (χ0v) is 14.9. The molecule has 1 aromatic heterocycles. The number of nitrogens with zero attached hydrogens (tertiary/aromatic N) is 2. The Labute approximate surface area is 146 Å². The van der Waals surface area contributed by atoms with E-state index in [1.54, 1.807) is 25.3 Å². The van der Waals surface area contributed by atoms with Crippen molar-refractivity contribution in [3.8, 4) is 5.75 Å². The van der Waals surface area contributed by atoms with Crippen LogP contribution in [0, 0.1) is 6.92 Å². The predicted octanol–water partition coefficient (Wildman–Crippen LogP) is 2.13. The molecule has 0 saturated heterocycles. The van der Waals surface area contributed by atoms with Gasteiger partial charge in [0, 0.05) is 17.8 Å². The van der Waals surface area contributed by atoms with E-state index in [1.807, 2.05) is 19.1 Å². The topological polar surface area (TPSA) is 83.9 Å². The number of hydrogen-bond acceptors (Lipinski definition) is 6. The second kappa shape index (κ2) is 7.96. The highest BCUT2D eigenvalue weighted by Crippen LogP contribution is 2.31. The smallest absolute Gasteiger partial charge is 0.274 e. The number of hydroxylamine groups is 2. The van der Waals surface area contributed by atoms with E-state index in [0.29, 0.717) is 23.4 Å². The van der Waals surface area contributed by atoms with E-state index in [9.17, 15) is 9.90 Å². The van der Waals surface area contributed by atoms with Gasteiger partial charge in [0.2, 0.25) is 0 Å². The highest BCUT2D eigenvalue weighted by molar-refractivity contribution is 6.02. The molecule has 0 unspecified atom stereocenters. The average molecular weight is 345 g/mol. The van der Waals surface area contributed by atoms with Crippen molar-refractivity contribution in [3.05, 3.63) is 47.5 Å². The highest BCUT2D eigenvalue weighted by Gasteiger charge is 2.20. The third kappa shape index (κ3) is 4.26. The summed E-state index contributed by atoms with van der Waals surface area (Å²) in [6, 6.07) is 5.58. The molecule has 0 saturated carbocycles. The number of ether oxygens (including phenoxy) is 1. The molecule has 0 aliphatic carbocycles. The molecule has 7 heteroatoms. The third-order valence-corrected chi connectivity index (χ3v) is 3.85. The number of nitrogens with one attached hydrogen (secondary N) is 1. The monoisotopic (exact) mass is 345 g/mol. The van der Waals surface area contributed by atoms with Gasteiger partial charge in [0.15, 0.2) is 11.4 Å². The van der Waals surface area contributed by atoms with E-state index >= 15 is 0 Å². The van der Waals surface area contributed by atoms with E-state index < -0.39 is 5.91 Å². The molecule has 1 aromatic carbocycles. The van der Waals surface area contributed by atoms with Gasteiger partial charge in [-0.15, -0.1) is 0 Å². The van der Waals surface area contributed by atoms with E-state index in [-0.39, 0.29) is 18.0 Å². The summed E-state index contributed by atoms with van der Waals surface area (Å²) in [5.41, 5.74) is 1.62. The number of carbonyl (C=O) groups excluding carboxylic acids is 1. The summed E-state index contributed by atoms with van der Waals surface area (Å²) in [4.78, 5) is 22.0. The molecule has 0 spiro atoms. The Balaban J connectivity index is 2.49. The van der Waals surface area contributed by atoms with Crippen molar-refractivity contribution in [2.45, 2.75) is 13.5 Å². The number of benzene rings is 1. The molecule has 0 fully saturated rings. The third-order valence-electron chi connectivity index (χ3n) is 3.85. The van der Waals surface area contributed by atoms with Crippen LogP contribution in [0.2, 0.25) is 0 Å². The van der Waals surface area contributed by atoms with Crippen LogP contribution in [0.4, 0.5) is 0 Å². The van der Waals surface area contributed by atoms with Gasteiger partial charge in [0.05, 0.1) is 33.0 Å².